The highest BCUT2D eigenvalue weighted by molar-refractivity contribution is 6.32. The molecule has 0 amide bonds. The first-order chi connectivity index (χ1) is 16.4. The summed E-state index contributed by atoms with van der Waals surface area (Å²) < 4.78 is 21.5. The van der Waals surface area contributed by atoms with Crippen molar-refractivity contribution in [3.8, 4) is 34.5 Å². The number of rotatable bonds is 12. The molecule has 182 valence electrons. The summed E-state index contributed by atoms with van der Waals surface area (Å²) in [6.07, 6.45) is 0.0389. The summed E-state index contributed by atoms with van der Waals surface area (Å²) in [5.74, 6) is 2.86. The number of aliphatic hydroxyl groups is 1. The maximum absolute atomic E-state index is 10.3. The third-order valence-corrected chi connectivity index (χ3v) is 5.60. The lowest BCUT2D eigenvalue weighted by Gasteiger charge is -2.15. The molecule has 1 unspecified atom stereocenters. The Balaban J connectivity index is 1.51. The number of ether oxygens (including phenoxy) is 4. The number of aryl methyl sites for hydroxylation is 1. The molecule has 1 heterocycles. The highest BCUT2D eigenvalue weighted by atomic mass is 35.5. The van der Waals surface area contributed by atoms with Crippen LogP contribution in [0.25, 0.3) is 11.4 Å². The Morgan fingerprint density at radius 3 is 2.38 bits per heavy atom. The van der Waals surface area contributed by atoms with E-state index in [4.69, 9.17) is 30.5 Å². The second-order valence-electron chi connectivity index (χ2n) is 7.59. The SMILES string of the molecule is COc1ccc(-c2nc(C)c(Cl)c(OCC(O)CNCCc3ccc(OC)c(OC)c3)n2)cc1. The van der Waals surface area contributed by atoms with Gasteiger partial charge in [-0.25, -0.2) is 4.98 Å². The Kier molecular flexibility index (Phi) is 9.33. The van der Waals surface area contributed by atoms with Crippen LogP contribution in [0.5, 0.6) is 23.1 Å². The van der Waals surface area contributed by atoms with Crippen molar-refractivity contribution in [1.29, 1.82) is 0 Å². The van der Waals surface area contributed by atoms with E-state index in [0.717, 1.165) is 23.3 Å². The number of nitrogens with one attached hydrogen (secondary N) is 1. The minimum atomic E-state index is -0.735. The summed E-state index contributed by atoms with van der Waals surface area (Å²) in [6, 6.07) is 13.2. The molecule has 2 aromatic carbocycles. The molecule has 0 aliphatic carbocycles. The van der Waals surface area contributed by atoms with E-state index in [2.05, 4.69) is 15.3 Å². The third kappa shape index (κ3) is 6.72. The lowest BCUT2D eigenvalue weighted by Crippen LogP contribution is -2.32. The van der Waals surface area contributed by atoms with Crippen molar-refractivity contribution < 1.29 is 24.1 Å². The van der Waals surface area contributed by atoms with Crippen molar-refractivity contribution in [2.45, 2.75) is 19.4 Å². The molecular weight excluding hydrogens is 458 g/mol. The Hall–Kier alpha value is -3.07. The highest BCUT2D eigenvalue weighted by Gasteiger charge is 2.15. The molecule has 3 aromatic rings. The molecule has 0 saturated heterocycles. The number of halogens is 1. The molecule has 0 radical (unpaired) electrons. The zero-order chi connectivity index (χ0) is 24.5. The average Bonchev–Trinajstić information content (AvgIpc) is 2.87. The van der Waals surface area contributed by atoms with E-state index in [9.17, 15) is 5.11 Å². The summed E-state index contributed by atoms with van der Waals surface area (Å²) in [6.45, 7) is 2.87. The average molecular weight is 488 g/mol. The normalized spacial score (nSPS) is 11.7. The molecule has 0 aliphatic heterocycles. The van der Waals surface area contributed by atoms with E-state index >= 15 is 0 Å². The number of methoxy groups -OCH3 is 3. The largest absolute Gasteiger partial charge is 0.497 e. The van der Waals surface area contributed by atoms with Crippen LogP contribution in [0.4, 0.5) is 0 Å². The highest BCUT2D eigenvalue weighted by Crippen LogP contribution is 2.29. The summed E-state index contributed by atoms with van der Waals surface area (Å²) >= 11 is 6.34. The first-order valence-corrected chi connectivity index (χ1v) is 11.2. The molecule has 34 heavy (non-hydrogen) atoms. The Bertz CT molecular complexity index is 1080. The predicted octanol–water partition coefficient (Wildman–Crippen LogP) is 3.70. The second-order valence-corrected chi connectivity index (χ2v) is 7.97. The minimum absolute atomic E-state index is 0.0432. The van der Waals surface area contributed by atoms with Gasteiger partial charge in [0.25, 0.3) is 0 Å². The zero-order valence-electron chi connectivity index (χ0n) is 19.8. The van der Waals surface area contributed by atoms with E-state index in [1.807, 2.05) is 42.5 Å². The van der Waals surface area contributed by atoms with Crippen LogP contribution in [0.2, 0.25) is 5.02 Å². The fourth-order valence-corrected chi connectivity index (χ4v) is 3.41. The lowest BCUT2D eigenvalue weighted by molar-refractivity contribution is 0.104. The maximum atomic E-state index is 10.3. The van der Waals surface area contributed by atoms with Crippen LogP contribution in [0.15, 0.2) is 42.5 Å². The summed E-state index contributed by atoms with van der Waals surface area (Å²) in [5.41, 5.74) is 2.51. The van der Waals surface area contributed by atoms with Crippen LogP contribution in [0, 0.1) is 6.92 Å². The summed E-state index contributed by atoms with van der Waals surface area (Å²) in [5, 5.41) is 13.9. The second kappa shape index (κ2) is 12.4. The van der Waals surface area contributed by atoms with E-state index in [0.29, 0.717) is 41.1 Å². The zero-order valence-corrected chi connectivity index (χ0v) is 20.6. The van der Waals surface area contributed by atoms with Gasteiger partial charge in [-0.3, -0.25) is 0 Å². The number of hydrogen-bond donors (Lipinski definition) is 2. The number of nitrogens with zero attached hydrogens (tertiary/aromatic N) is 2. The number of aromatic nitrogens is 2. The Labute approximate surface area is 204 Å². The van der Waals surface area contributed by atoms with Gasteiger partial charge in [-0.1, -0.05) is 17.7 Å². The number of hydrogen-bond acceptors (Lipinski definition) is 8. The van der Waals surface area contributed by atoms with Gasteiger partial charge in [-0.2, -0.15) is 4.98 Å². The van der Waals surface area contributed by atoms with Gasteiger partial charge >= 0.3 is 0 Å². The van der Waals surface area contributed by atoms with Gasteiger partial charge in [-0.15, -0.1) is 0 Å². The molecule has 0 bridgehead atoms. The standard InChI is InChI=1S/C25H30ClN3O5/c1-16-23(26)25(29-24(28-16)18-6-8-20(31-2)9-7-18)34-15-19(30)14-27-12-11-17-5-10-21(32-3)22(13-17)33-4/h5-10,13,19,27,30H,11-12,14-15H2,1-4H3. The molecule has 0 fully saturated rings. The molecule has 1 atom stereocenters. The van der Waals surface area contributed by atoms with Gasteiger partial charge in [-0.05, 0) is 61.9 Å². The molecule has 8 nitrogen and oxygen atoms in total. The smallest absolute Gasteiger partial charge is 0.236 e. The van der Waals surface area contributed by atoms with Crippen LogP contribution in [0.3, 0.4) is 0 Å². The number of benzene rings is 2. The van der Waals surface area contributed by atoms with E-state index in [1.165, 1.54) is 0 Å². The monoisotopic (exact) mass is 487 g/mol. The fourth-order valence-electron chi connectivity index (χ4n) is 3.27. The van der Waals surface area contributed by atoms with Gasteiger partial charge in [0, 0.05) is 12.1 Å². The molecule has 1 aromatic heterocycles. The van der Waals surface area contributed by atoms with Crippen LogP contribution in [-0.4, -0.2) is 62.2 Å². The van der Waals surface area contributed by atoms with E-state index in [1.54, 1.807) is 28.3 Å². The van der Waals surface area contributed by atoms with Crippen LogP contribution < -0.4 is 24.3 Å². The Morgan fingerprint density at radius 1 is 0.971 bits per heavy atom. The lowest BCUT2D eigenvalue weighted by atomic mass is 10.1. The molecular formula is C25H30ClN3O5. The van der Waals surface area contributed by atoms with Crippen LogP contribution in [-0.2, 0) is 6.42 Å². The summed E-state index contributed by atoms with van der Waals surface area (Å²) in [4.78, 5) is 8.88. The molecule has 9 heteroatoms. The van der Waals surface area contributed by atoms with Gasteiger partial charge in [0.2, 0.25) is 5.88 Å². The van der Waals surface area contributed by atoms with Crippen molar-refractivity contribution in [2.75, 3.05) is 41.0 Å². The molecule has 0 aliphatic rings. The van der Waals surface area contributed by atoms with Crippen molar-refractivity contribution in [3.63, 3.8) is 0 Å². The third-order valence-electron chi connectivity index (χ3n) is 5.17. The molecule has 2 N–H and O–H groups in total. The van der Waals surface area contributed by atoms with Crippen molar-refractivity contribution in [3.05, 3.63) is 58.7 Å². The minimum Gasteiger partial charge on any atom is -0.497 e. The maximum Gasteiger partial charge on any atom is 0.236 e. The summed E-state index contributed by atoms with van der Waals surface area (Å²) in [7, 11) is 4.83. The number of aliphatic hydroxyl groups excluding tert-OH is 1. The van der Waals surface area contributed by atoms with Crippen LogP contribution in [0.1, 0.15) is 11.3 Å². The van der Waals surface area contributed by atoms with Gasteiger partial charge in [0.05, 0.1) is 27.0 Å². The predicted molar refractivity (Wildman–Crippen MR) is 131 cm³/mol. The van der Waals surface area contributed by atoms with Gasteiger partial charge in [0.15, 0.2) is 17.3 Å². The van der Waals surface area contributed by atoms with Crippen molar-refractivity contribution in [1.82, 2.24) is 15.3 Å². The first kappa shape index (κ1) is 25.6. The van der Waals surface area contributed by atoms with Crippen molar-refractivity contribution in [2.24, 2.45) is 0 Å². The van der Waals surface area contributed by atoms with Gasteiger partial charge < -0.3 is 29.4 Å². The van der Waals surface area contributed by atoms with Gasteiger partial charge in [0.1, 0.15) is 23.5 Å². The van der Waals surface area contributed by atoms with Crippen molar-refractivity contribution >= 4 is 11.6 Å². The van der Waals surface area contributed by atoms with Crippen LogP contribution >= 0.6 is 11.6 Å². The fraction of sp³-hybridized carbons (Fsp3) is 0.360. The van der Waals surface area contributed by atoms with E-state index < -0.39 is 6.10 Å². The molecule has 0 saturated carbocycles. The molecule has 3 rings (SSSR count). The quantitative estimate of drug-likeness (QED) is 0.373. The topological polar surface area (TPSA) is 95.0 Å². The molecule has 0 spiro atoms. The first-order valence-electron chi connectivity index (χ1n) is 10.9. The van der Waals surface area contributed by atoms with E-state index in [-0.39, 0.29) is 12.5 Å². The Morgan fingerprint density at radius 2 is 1.71 bits per heavy atom.